The second kappa shape index (κ2) is 11.4. The molecule has 0 N–H and O–H groups in total. The minimum atomic E-state index is -8.97. The zero-order valence-electron chi connectivity index (χ0n) is 19.7. The first kappa shape index (κ1) is 44.2. The second-order valence-corrected chi connectivity index (χ2v) is 8.02. The minimum Gasteiger partial charge on any atom is -0.400 e. The van der Waals surface area contributed by atoms with Crippen molar-refractivity contribution in [1.29, 1.82) is 0 Å². The smallest absolute Gasteiger partial charge is 0.400 e. The normalized spacial score (nSPS) is 17.4. The Balaban J connectivity index is 7.09. The Kier molecular flexibility index (Phi) is 10.7. The third-order valence-corrected chi connectivity index (χ3v) is 4.94. The molecule has 0 fully saturated rings. The molecule has 0 amide bonds. The number of allylic oxidation sites excluding steroid dienone is 2. The Hall–Kier alpha value is -2.82. The van der Waals surface area contributed by atoms with Crippen LogP contribution in [0.1, 0.15) is 0 Å². The predicted molar refractivity (Wildman–Crippen MR) is 81.1 cm³/mol. The van der Waals surface area contributed by atoms with Crippen molar-refractivity contribution in [3.63, 3.8) is 0 Å². The average Bonchev–Trinajstić information content (AvgIpc) is 2.84. The number of hydrogen-bond donors (Lipinski definition) is 0. The Morgan fingerprint density at radius 3 is 0.596 bits per heavy atom. The molecule has 0 unspecified atom stereocenters. The molecule has 0 aromatic rings. The predicted octanol–water partition coefficient (Wildman–Crippen LogP) is 10.7. The summed E-state index contributed by atoms with van der Waals surface area (Å²) in [6.07, 6.45) is -16.1. The van der Waals surface area contributed by atoms with E-state index in [1.807, 2.05) is 0 Å². The monoisotopic (exact) mass is 778 g/mol. The number of alkyl halides is 26. The van der Waals surface area contributed by atoms with Crippen LogP contribution in [0.3, 0.4) is 0 Å². The van der Waals surface area contributed by atoms with Crippen LogP contribution in [0.15, 0.2) is 23.7 Å². The molecule has 0 atom stereocenters. The van der Waals surface area contributed by atoms with Crippen LogP contribution in [0.4, 0.5) is 132 Å². The van der Waals surface area contributed by atoms with E-state index in [2.05, 4.69) is 0 Å². The van der Waals surface area contributed by atoms with E-state index >= 15 is 0 Å². The molecular formula is C16F30O. The van der Waals surface area contributed by atoms with E-state index in [1.165, 1.54) is 0 Å². The summed E-state index contributed by atoms with van der Waals surface area (Å²) in [5, 5.41) is 0. The lowest BCUT2D eigenvalue weighted by Gasteiger charge is -2.39. The summed E-state index contributed by atoms with van der Waals surface area (Å²) in [4.78, 5) is 0. The Labute approximate surface area is 233 Å². The van der Waals surface area contributed by atoms with E-state index in [-0.39, 0.29) is 0 Å². The summed E-state index contributed by atoms with van der Waals surface area (Å²) in [7, 11) is 0. The van der Waals surface area contributed by atoms with Crippen LogP contribution < -0.4 is 0 Å². The van der Waals surface area contributed by atoms with Crippen molar-refractivity contribution in [2.75, 3.05) is 0 Å². The highest BCUT2D eigenvalue weighted by Gasteiger charge is 2.93. The maximum Gasteiger partial charge on any atom is 0.460 e. The SMILES string of the molecule is FC(OC(F)=C(F)C(F)(F)C(F)(F)C(F)(F)C(F)(F)C(F)(F)C(F)(F)F)=C(F)C(F)(F)C(F)(F)C(F)(F)C(F)(F)C(F)(F)C(F)(F)F. The number of halogens is 30. The zero-order valence-corrected chi connectivity index (χ0v) is 19.7. The van der Waals surface area contributed by atoms with Gasteiger partial charge in [0.2, 0.25) is 11.7 Å². The summed E-state index contributed by atoms with van der Waals surface area (Å²) >= 11 is 0. The van der Waals surface area contributed by atoms with E-state index in [9.17, 15) is 132 Å². The Morgan fingerprint density at radius 1 is 0.255 bits per heavy atom. The molecule has 0 aliphatic heterocycles. The van der Waals surface area contributed by atoms with Gasteiger partial charge < -0.3 is 4.74 Å². The molecule has 0 aliphatic rings. The van der Waals surface area contributed by atoms with E-state index in [0.29, 0.717) is 0 Å². The fourth-order valence-corrected chi connectivity index (χ4v) is 2.23. The fourth-order valence-electron chi connectivity index (χ4n) is 2.23. The van der Waals surface area contributed by atoms with E-state index in [1.54, 1.807) is 4.74 Å². The van der Waals surface area contributed by atoms with E-state index in [4.69, 9.17) is 0 Å². The molecule has 0 saturated heterocycles. The minimum absolute atomic E-state index is 1.70. The molecule has 0 aromatic carbocycles. The van der Waals surface area contributed by atoms with Crippen LogP contribution in [-0.2, 0) is 4.74 Å². The molecule has 0 spiro atoms. The van der Waals surface area contributed by atoms with Crippen molar-refractivity contribution < 1.29 is 136 Å². The summed E-state index contributed by atoms with van der Waals surface area (Å²) in [5.41, 5.74) is 0. The first-order valence-corrected chi connectivity index (χ1v) is 9.58. The quantitative estimate of drug-likeness (QED) is 0.142. The first-order chi connectivity index (χ1) is 19.9. The van der Waals surface area contributed by atoms with Gasteiger partial charge in [0, 0.05) is 0 Å². The van der Waals surface area contributed by atoms with Gasteiger partial charge in [0.05, 0.1) is 0 Å². The van der Waals surface area contributed by atoms with Crippen molar-refractivity contribution >= 4 is 0 Å². The van der Waals surface area contributed by atoms with Crippen LogP contribution in [0.5, 0.6) is 0 Å². The standard InChI is InChI=1S/C16F30O/c17-1(5(21,22)7(25,26)9(29,30)11(33,34)13(37,38)15(41,42)43)3(19)47-4(20)2(18)6(23,24)8(27,28)10(31,32)12(35,36)14(39,40)16(44,45)46. The van der Waals surface area contributed by atoms with Gasteiger partial charge in [0.1, 0.15) is 0 Å². The van der Waals surface area contributed by atoms with Crippen LogP contribution >= 0.6 is 0 Å². The third-order valence-electron chi connectivity index (χ3n) is 4.94. The summed E-state index contributed by atoms with van der Waals surface area (Å²) in [6.45, 7) is 0. The van der Waals surface area contributed by atoms with Gasteiger partial charge in [-0.25, -0.2) is 0 Å². The lowest BCUT2D eigenvalue weighted by molar-refractivity contribution is -0.438. The molecule has 0 rings (SSSR count). The molecule has 280 valence electrons. The molecule has 0 saturated carbocycles. The Bertz CT molecular complexity index is 1130. The second-order valence-electron chi connectivity index (χ2n) is 8.02. The van der Waals surface area contributed by atoms with Gasteiger partial charge >= 0.3 is 83.6 Å². The largest absolute Gasteiger partial charge is 0.460 e. The molecular weight excluding hydrogens is 778 g/mol. The average molecular weight is 778 g/mol. The lowest BCUT2D eigenvalue weighted by Crippen LogP contribution is -2.70. The molecule has 0 radical (unpaired) electrons. The lowest BCUT2D eigenvalue weighted by atomic mass is 9.93. The number of rotatable bonds is 12. The van der Waals surface area contributed by atoms with Gasteiger partial charge in [-0.15, -0.1) is 0 Å². The molecule has 0 heterocycles. The summed E-state index contributed by atoms with van der Waals surface area (Å²) in [6, 6.07) is -10.3. The number of ether oxygens (including phenoxy) is 1. The molecule has 47 heavy (non-hydrogen) atoms. The van der Waals surface area contributed by atoms with Crippen molar-refractivity contribution in [1.82, 2.24) is 0 Å². The third kappa shape index (κ3) is 5.92. The van der Waals surface area contributed by atoms with Crippen LogP contribution in [0.25, 0.3) is 0 Å². The highest BCUT2D eigenvalue weighted by molar-refractivity contribution is 5.22. The highest BCUT2D eigenvalue weighted by atomic mass is 19.4. The first-order valence-electron chi connectivity index (χ1n) is 9.58. The van der Waals surface area contributed by atoms with Gasteiger partial charge in [-0.1, -0.05) is 0 Å². The van der Waals surface area contributed by atoms with Gasteiger partial charge in [-0.05, 0) is 0 Å². The maximum absolute atomic E-state index is 13.4. The molecule has 0 aromatic heterocycles. The van der Waals surface area contributed by atoms with Crippen LogP contribution in [0.2, 0.25) is 0 Å². The van der Waals surface area contributed by atoms with Gasteiger partial charge in [0.25, 0.3) is 0 Å². The topological polar surface area (TPSA) is 9.23 Å². The molecule has 1 nitrogen and oxygen atoms in total. The van der Waals surface area contributed by atoms with Crippen LogP contribution in [-0.4, -0.2) is 71.6 Å². The highest BCUT2D eigenvalue weighted by Crippen LogP contribution is 2.63. The van der Waals surface area contributed by atoms with Crippen molar-refractivity contribution in [2.24, 2.45) is 0 Å². The number of hydrogen-bond acceptors (Lipinski definition) is 1. The molecule has 31 heteroatoms. The van der Waals surface area contributed by atoms with Gasteiger partial charge in [-0.2, -0.15) is 132 Å². The van der Waals surface area contributed by atoms with Crippen molar-refractivity contribution in [2.45, 2.75) is 71.6 Å². The van der Waals surface area contributed by atoms with Crippen molar-refractivity contribution in [3.8, 4) is 0 Å². The van der Waals surface area contributed by atoms with Gasteiger partial charge in [0.15, 0.2) is 0 Å². The van der Waals surface area contributed by atoms with E-state index < -0.39 is 95.3 Å². The Morgan fingerprint density at radius 2 is 0.426 bits per heavy atom. The maximum atomic E-state index is 13.4. The summed E-state index contributed by atoms with van der Waals surface area (Å²) in [5.74, 6) is -98.4. The van der Waals surface area contributed by atoms with E-state index in [0.717, 1.165) is 0 Å². The van der Waals surface area contributed by atoms with Crippen LogP contribution in [0, 0.1) is 0 Å². The fraction of sp³-hybridized carbons (Fsp3) is 0.750. The zero-order chi connectivity index (χ0) is 39.0. The molecule has 0 aliphatic carbocycles. The summed E-state index contributed by atoms with van der Waals surface area (Å²) < 4.78 is 390. The van der Waals surface area contributed by atoms with Crippen molar-refractivity contribution in [3.05, 3.63) is 23.7 Å². The molecule has 0 bridgehead atoms. The van der Waals surface area contributed by atoms with Gasteiger partial charge in [-0.3, -0.25) is 0 Å².